The number of hydrogen-bond acceptors (Lipinski definition) is 5. The molecule has 0 aromatic heterocycles. The monoisotopic (exact) mass is 287 g/mol. The highest BCUT2D eigenvalue weighted by Crippen LogP contribution is 2.42. The Labute approximate surface area is 112 Å². The Morgan fingerprint density at radius 2 is 1.95 bits per heavy atom. The molecule has 1 heterocycles. The van der Waals surface area contributed by atoms with E-state index in [2.05, 4.69) is 14.8 Å². The van der Waals surface area contributed by atoms with Gasteiger partial charge in [-0.25, -0.2) is 4.79 Å². The van der Waals surface area contributed by atoms with Crippen LogP contribution in [0.3, 0.4) is 0 Å². The first-order valence-corrected chi connectivity index (χ1v) is 5.53. The SMILES string of the molecule is CC(Nc1ccc2c(c1)OC(F)(F)O2)C(=O)NC(N)=O. The Kier molecular flexibility index (Phi) is 3.35. The topological polar surface area (TPSA) is 103 Å². The zero-order valence-electron chi connectivity index (χ0n) is 10.3. The van der Waals surface area contributed by atoms with Crippen LogP contribution >= 0.6 is 0 Å². The fourth-order valence-electron chi connectivity index (χ4n) is 1.58. The Bertz CT molecular complexity index is 565. The Balaban J connectivity index is 2.05. The molecule has 20 heavy (non-hydrogen) atoms. The quantitative estimate of drug-likeness (QED) is 0.769. The van der Waals surface area contributed by atoms with Crippen LogP contribution in [-0.2, 0) is 4.79 Å². The summed E-state index contributed by atoms with van der Waals surface area (Å²) in [7, 11) is 0. The van der Waals surface area contributed by atoms with E-state index in [1.807, 2.05) is 5.32 Å². The van der Waals surface area contributed by atoms with Crippen LogP contribution < -0.4 is 25.8 Å². The Morgan fingerprint density at radius 3 is 2.60 bits per heavy atom. The lowest BCUT2D eigenvalue weighted by molar-refractivity contribution is -0.286. The van der Waals surface area contributed by atoms with Crippen molar-refractivity contribution in [3.63, 3.8) is 0 Å². The Morgan fingerprint density at radius 1 is 1.30 bits per heavy atom. The van der Waals surface area contributed by atoms with Crippen LogP contribution in [0.25, 0.3) is 0 Å². The molecule has 1 unspecified atom stereocenters. The molecule has 1 aliphatic heterocycles. The number of carbonyl (C=O) groups is 2. The number of ether oxygens (including phenoxy) is 2. The predicted molar refractivity (Wildman–Crippen MR) is 63.5 cm³/mol. The van der Waals surface area contributed by atoms with Gasteiger partial charge in [0.1, 0.15) is 6.04 Å². The Hall–Kier alpha value is -2.58. The third kappa shape index (κ3) is 3.05. The molecule has 2 rings (SSSR count). The minimum Gasteiger partial charge on any atom is -0.395 e. The maximum absolute atomic E-state index is 12.8. The van der Waals surface area contributed by atoms with Crippen LogP contribution in [0.2, 0.25) is 0 Å². The van der Waals surface area contributed by atoms with E-state index in [9.17, 15) is 18.4 Å². The van der Waals surface area contributed by atoms with Gasteiger partial charge < -0.3 is 20.5 Å². The standard InChI is InChI=1S/C11H11F2N3O4/c1-5(9(17)16-10(14)18)15-6-2-3-7-8(4-6)20-11(12,13)19-7/h2-5,15H,1H3,(H3,14,16,17,18). The maximum Gasteiger partial charge on any atom is 0.586 e. The van der Waals surface area contributed by atoms with Crippen molar-refractivity contribution in [2.24, 2.45) is 5.73 Å². The van der Waals surface area contributed by atoms with Crippen molar-refractivity contribution in [2.75, 3.05) is 5.32 Å². The lowest BCUT2D eigenvalue weighted by Crippen LogP contribution is -2.43. The molecule has 1 aromatic rings. The number of amides is 3. The molecule has 3 amide bonds. The van der Waals surface area contributed by atoms with Gasteiger partial charge in [0.2, 0.25) is 5.91 Å². The molecule has 0 radical (unpaired) electrons. The summed E-state index contributed by atoms with van der Waals surface area (Å²) in [5, 5.41) is 4.59. The molecule has 108 valence electrons. The molecule has 1 atom stereocenters. The second-order valence-corrected chi connectivity index (χ2v) is 4.05. The number of alkyl halides is 2. The number of carbonyl (C=O) groups excluding carboxylic acids is 2. The van der Waals surface area contributed by atoms with Crippen LogP contribution in [0, 0.1) is 0 Å². The number of benzene rings is 1. The summed E-state index contributed by atoms with van der Waals surface area (Å²) in [4.78, 5) is 22.0. The molecule has 0 saturated carbocycles. The number of rotatable bonds is 3. The number of imide groups is 1. The second kappa shape index (κ2) is 4.83. The van der Waals surface area contributed by atoms with Gasteiger partial charge in [0.25, 0.3) is 0 Å². The van der Waals surface area contributed by atoms with E-state index in [-0.39, 0.29) is 11.5 Å². The molecule has 7 nitrogen and oxygen atoms in total. The van der Waals surface area contributed by atoms with Crippen molar-refractivity contribution >= 4 is 17.6 Å². The summed E-state index contributed by atoms with van der Waals surface area (Å²) in [6.07, 6.45) is -3.70. The summed E-state index contributed by atoms with van der Waals surface area (Å²) >= 11 is 0. The summed E-state index contributed by atoms with van der Waals surface area (Å²) < 4.78 is 34.1. The van der Waals surface area contributed by atoms with E-state index >= 15 is 0 Å². The lowest BCUT2D eigenvalue weighted by Gasteiger charge is -2.14. The first kappa shape index (κ1) is 13.8. The van der Waals surface area contributed by atoms with Gasteiger partial charge in [0.15, 0.2) is 11.5 Å². The van der Waals surface area contributed by atoms with E-state index < -0.39 is 24.3 Å². The van der Waals surface area contributed by atoms with Crippen molar-refractivity contribution in [3.8, 4) is 11.5 Å². The molecule has 4 N–H and O–H groups in total. The highest BCUT2D eigenvalue weighted by atomic mass is 19.3. The molecule has 9 heteroatoms. The van der Waals surface area contributed by atoms with E-state index in [1.54, 1.807) is 0 Å². The average Bonchev–Trinajstić information content (AvgIpc) is 2.61. The number of fused-ring (bicyclic) bond motifs is 1. The van der Waals surface area contributed by atoms with Crippen LogP contribution in [0.15, 0.2) is 18.2 Å². The summed E-state index contributed by atoms with van der Waals surface area (Å²) in [5.74, 6) is -0.905. The summed E-state index contributed by atoms with van der Waals surface area (Å²) in [6, 6.07) is 2.18. The fourth-order valence-corrected chi connectivity index (χ4v) is 1.58. The van der Waals surface area contributed by atoms with E-state index in [4.69, 9.17) is 5.73 Å². The van der Waals surface area contributed by atoms with E-state index in [0.717, 1.165) is 0 Å². The summed E-state index contributed by atoms with van der Waals surface area (Å²) in [5.41, 5.74) is 5.15. The fraction of sp³-hybridized carbons (Fsp3) is 0.273. The number of nitrogens with two attached hydrogens (primary N) is 1. The van der Waals surface area contributed by atoms with Gasteiger partial charge in [-0.05, 0) is 19.1 Å². The lowest BCUT2D eigenvalue weighted by atomic mass is 10.2. The molecular formula is C11H11F2N3O4. The zero-order valence-corrected chi connectivity index (χ0v) is 10.3. The molecule has 0 bridgehead atoms. The van der Waals surface area contributed by atoms with Gasteiger partial charge in [-0.15, -0.1) is 8.78 Å². The van der Waals surface area contributed by atoms with Gasteiger partial charge in [0.05, 0.1) is 0 Å². The van der Waals surface area contributed by atoms with Crippen molar-refractivity contribution < 1.29 is 27.8 Å². The van der Waals surface area contributed by atoms with E-state index in [0.29, 0.717) is 5.69 Å². The predicted octanol–water partition coefficient (Wildman–Crippen LogP) is 1.00. The zero-order chi connectivity index (χ0) is 14.9. The maximum atomic E-state index is 12.8. The molecule has 0 fully saturated rings. The largest absolute Gasteiger partial charge is 0.586 e. The van der Waals surface area contributed by atoms with Gasteiger partial charge in [-0.3, -0.25) is 10.1 Å². The van der Waals surface area contributed by atoms with Crippen molar-refractivity contribution in [2.45, 2.75) is 19.3 Å². The molecule has 0 aliphatic carbocycles. The first-order valence-electron chi connectivity index (χ1n) is 5.53. The molecular weight excluding hydrogens is 276 g/mol. The van der Waals surface area contributed by atoms with Gasteiger partial charge >= 0.3 is 12.3 Å². The van der Waals surface area contributed by atoms with Gasteiger partial charge in [0, 0.05) is 11.8 Å². The number of anilines is 1. The first-order chi connectivity index (χ1) is 9.27. The highest BCUT2D eigenvalue weighted by molar-refractivity contribution is 5.97. The minimum absolute atomic E-state index is 0.102. The van der Waals surface area contributed by atoms with Crippen molar-refractivity contribution in [3.05, 3.63) is 18.2 Å². The molecule has 0 saturated heterocycles. The van der Waals surface area contributed by atoms with Gasteiger partial charge in [-0.1, -0.05) is 0 Å². The van der Waals surface area contributed by atoms with Crippen LogP contribution in [0.5, 0.6) is 11.5 Å². The third-order valence-corrected chi connectivity index (χ3v) is 2.42. The highest BCUT2D eigenvalue weighted by Gasteiger charge is 2.43. The van der Waals surface area contributed by atoms with Crippen molar-refractivity contribution in [1.29, 1.82) is 0 Å². The number of primary amides is 1. The number of hydrogen-bond donors (Lipinski definition) is 3. The summed E-state index contributed by atoms with van der Waals surface area (Å²) in [6.45, 7) is 1.47. The smallest absolute Gasteiger partial charge is 0.395 e. The number of halogens is 2. The second-order valence-electron chi connectivity index (χ2n) is 4.05. The number of urea groups is 1. The van der Waals surface area contributed by atoms with Crippen LogP contribution in [-0.4, -0.2) is 24.3 Å². The van der Waals surface area contributed by atoms with Crippen LogP contribution in [0.1, 0.15) is 6.92 Å². The van der Waals surface area contributed by atoms with Crippen LogP contribution in [0.4, 0.5) is 19.3 Å². The normalized spacial score (nSPS) is 16.4. The minimum atomic E-state index is -3.70. The third-order valence-electron chi connectivity index (χ3n) is 2.42. The molecule has 1 aliphatic rings. The van der Waals surface area contributed by atoms with Crippen molar-refractivity contribution in [1.82, 2.24) is 5.32 Å². The number of nitrogens with one attached hydrogen (secondary N) is 2. The van der Waals surface area contributed by atoms with E-state index in [1.165, 1.54) is 25.1 Å². The molecule has 1 aromatic carbocycles. The van der Waals surface area contributed by atoms with Gasteiger partial charge in [-0.2, -0.15) is 0 Å². The average molecular weight is 287 g/mol. The molecule has 0 spiro atoms.